The third-order valence-electron chi connectivity index (χ3n) is 2.64. The molecule has 0 fully saturated rings. The molecule has 4 nitrogen and oxygen atoms in total. The van der Waals surface area contributed by atoms with Gasteiger partial charge in [0, 0.05) is 12.1 Å². The highest BCUT2D eigenvalue weighted by Crippen LogP contribution is 2.11. The van der Waals surface area contributed by atoms with E-state index in [0.717, 1.165) is 5.56 Å². The lowest BCUT2D eigenvalue weighted by atomic mass is 10.1. The lowest BCUT2D eigenvalue weighted by Crippen LogP contribution is -2.22. The molecule has 19 heavy (non-hydrogen) atoms. The van der Waals surface area contributed by atoms with E-state index in [2.05, 4.69) is 5.32 Å². The van der Waals surface area contributed by atoms with Crippen LogP contribution in [0.3, 0.4) is 0 Å². The van der Waals surface area contributed by atoms with Gasteiger partial charge >= 0.3 is 0 Å². The first-order chi connectivity index (χ1) is 9.19. The van der Waals surface area contributed by atoms with Crippen LogP contribution in [-0.4, -0.2) is 11.0 Å². The van der Waals surface area contributed by atoms with Gasteiger partial charge in [-0.3, -0.25) is 4.79 Å². The van der Waals surface area contributed by atoms with Gasteiger partial charge in [0.15, 0.2) is 0 Å². The van der Waals surface area contributed by atoms with Gasteiger partial charge in [-0.25, -0.2) is 0 Å². The van der Waals surface area contributed by atoms with Crippen LogP contribution in [0.1, 0.15) is 21.5 Å². The molecule has 0 aliphatic carbocycles. The topological polar surface area (TPSA) is 73.1 Å². The van der Waals surface area contributed by atoms with Crippen LogP contribution in [0.4, 0.5) is 0 Å². The number of hydrogen-bond donors (Lipinski definition) is 2. The maximum absolute atomic E-state index is 11.8. The zero-order chi connectivity index (χ0) is 13.7. The van der Waals surface area contributed by atoms with E-state index < -0.39 is 0 Å². The minimum atomic E-state index is -0.250. The molecule has 0 saturated heterocycles. The molecule has 94 valence electrons. The molecular formula is C15H12N2O2. The molecule has 0 bridgehead atoms. The summed E-state index contributed by atoms with van der Waals surface area (Å²) in [5.41, 5.74) is 1.91. The van der Waals surface area contributed by atoms with Crippen molar-refractivity contribution in [2.24, 2.45) is 0 Å². The summed E-state index contributed by atoms with van der Waals surface area (Å²) in [5.74, 6) is -0.189. The lowest BCUT2D eigenvalue weighted by Gasteiger charge is -2.05. The molecule has 0 radical (unpaired) electrons. The minimum Gasteiger partial charge on any atom is -0.508 e. The summed E-state index contributed by atoms with van der Waals surface area (Å²) in [4.78, 5) is 11.8. The number of rotatable bonds is 3. The van der Waals surface area contributed by atoms with Crippen LogP contribution in [0.2, 0.25) is 0 Å². The van der Waals surface area contributed by atoms with Gasteiger partial charge in [-0.2, -0.15) is 5.26 Å². The minimum absolute atomic E-state index is 0.0611. The molecule has 2 N–H and O–H groups in total. The number of amides is 1. The highest BCUT2D eigenvalue weighted by Gasteiger charge is 2.05. The molecule has 4 heteroatoms. The van der Waals surface area contributed by atoms with E-state index >= 15 is 0 Å². The van der Waals surface area contributed by atoms with E-state index in [0.29, 0.717) is 17.7 Å². The Bertz CT molecular complexity index is 627. The number of hydrogen-bond acceptors (Lipinski definition) is 3. The Morgan fingerprint density at radius 3 is 2.58 bits per heavy atom. The number of phenols is 1. The number of carbonyl (C=O) groups excluding carboxylic acids is 1. The summed E-state index contributed by atoms with van der Waals surface area (Å²) >= 11 is 0. The summed E-state index contributed by atoms with van der Waals surface area (Å²) in [6.45, 7) is 0.375. The summed E-state index contributed by atoms with van der Waals surface area (Å²) in [6, 6.07) is 15.2. The highest BCUT2D eigenvalue weighted by atomic mass is 16.3. The third kappa shape index (κ3) is 3.33. The fraction of sp³-hybridized carbons (Fsp3) is 0.0667. The molecule has 0 saturated carbocycles. The number of aromatic hydroxyl groups is 1. The van der Waals surface area contributed by atoms with Crippen LogP contribution in [0.5, 0.6) is 5.75 Å². The molecular weight excluding hydrogens is 240 g/mol. The number of benzene rings is 2. The van der Waals surface area contributed by atoms with Gasteiger partial charge in [-0.1, -0.05) is 18.2 Å². The Balaban J connectivity index is 1.98. The van der Waals surface area contributed by atoms with Crippen molar-refractivity contribution in [2.75, 3.05) is 0 Å². The summed E-state index contributed by atoms with van der Waals surface area (Å²) in [7, 11) is 0. The maximum atomic E-state index is 11.8. The molecule has 0 aromatic heterocycles. The predicted octanol–water partition coefficient (Wildman–Crippen LogP) is 2.19. The van der Waals surface area contributed by atoms with Gasteiger partial charge in [0.1, 0.15) is 5.75 Å². The number of nitrogens with zero attached hydrogens (tertiary/aromatic N) is 1. The zero-order valence-corrected chi connectivity index (χ0v) is 10.1. The van der Waals surface area contributed by atoms with Crippen LogP contribution in [-0.2, 0) is 6.54 Å². The van der Waals surface area contributed by atoms with Gasteiger partial charge in [-0.05, 0) is 35.9 Å². The molecule has 2 aromatic rings. The Kier molecular flexibility index (Phi) is 3.79. The molecule has 0 aliphatic rings. The van der Waals surface area contributed by atoms with Crippen LogP contribution in [0.15, 0.2) is 48.5 Å². The van der Waals surface area contributed by atoms with Crippen molar-refractivity contribution in [1.29, 1.82) is 5.26 Å². The first-order valence-electron chi connectivity index (χ1n) is 5.75. The van der Waals surface area contributed by atoms with Crippen molar-refractivity contribution in [3.05, 3.63) is 65.2 Å². The molecule has 0 spiro atoms. The van der Waals surface area contributed by atoms with E-state index in [1.54, 1.807) is 36.4 Å². The molecule has 0 aliphatic heterocycles. The molecule has 1 amide bonds. The van der Waals surface area contributed by atoms with Crippen molar-refractivity contribution in [1.82, 2.24) is 5.32 Å². The number of nitrogens with one attached hydrogen (secondary N) is 1. The molecule has 2 rings (SSSR count). The lowest BCUT2D eigenvalue weighted by molar-refractivity contribution is 0.0950. The molecule has 2 aromatic carbocycles. The maximum Gasteiger partial charge on any atom is 0.251 e. The molecule has 0 heterocycles. The van der Waals surface area contributed by atoms with Crippen molar-refractivity contribution >= 4 is 5.91 Å². The van der Waals surface area contributed by atoms with Crippen molar-refractivity contribution < 1.29 is 9.90 Å². The number of phenolic OH excluding ortho intramolecular Hbond substituents is 1. The SMILES string of the molecule is N#Cc1ccc(CNC(=O)c2cccc(O)c2)cc1. The Hall–Kier alpha value is -2.80. The summed E-state index contributed by atoms with van der Waals surface area (Å²) in [5, 5.41) is 20.7. The van der Waals surface area contributed by atoms with Gasteiger partial charge < -0.3 is 10.4 Å². The average molecular weight is 252 g/mol. The molecule has 0 atom stereocenters. The van der Waals surface area contributed by atoms with Gasteiger partial charge in [0.25, 0.3) is 5.91 Å². The van der Waals surface area contributed by atoms with Crippen LogP contribution in [0.25, 0.3) is 0 Å². The first kappa shape index (κ1) is 12.7. The smallest absolute Gasteiger partial charge is 0.251 e. The number of carbonyl (C=O) groups is 1. The van der Waals surface area contributed by atoms with Crippen LogP contribution >= 0.6 is 0 Å². The van der Waals surface area contributed by atoms with Gasteiger partial charge in [0.05, 0.1) is 11.6 Å². The Labute approximate surface area is 110 Å². The second kappa shape index (κ2) is 5.69. The summed E-state index contributed by atoms with van der Waals surface area (Å²) in [6.07, 6.45) is 0. The van der Waals surface area contributed by atoms with E-state index in [1.165, 1.54) is 12.1 Å². The van der Waals surface area contributed by atoms with Crippen molar-refractivity contribution in [2.45, 2.75) is 6.54 Å². The monoisotopic (exact) mass is 252 g/mol. The Morgan fingerprint density at radius 1 is 1.21 bits per heavy atom. The van der Waals surface area contributed by atoms with Crippen LogP contribution < -0.4 is 5.32 Å². The third-order valence-corrected chi connectivity index (χ3v) is 2.64. The second-order valence-corrected chi connectivity index (χ2v) is 4.04. The van der Waals surface area contributed by atoms with Crippen LogP contribution in [0, 0.1) is 11.3 Å². The van der Waals surface area contributed by atoms with Gasteiger partial charge in [0.2, 0.25) is 0 Å². The fourth-order valence-corrected chi connectivity index (χ4v) is 1.63. The summed E-state index contributed by atoms with van der Waals surface area (Å²) < 4.78 is 0. The predicted molar refractivity (Wildman–Crippen MR) is 70.4 cm³/mol. The van der Waals surface area contributed by atoms with E-state index in [4.69, 9.17) is 5.26 Å². The largest absolute Gasteiger partial charge is 0.508 e. The average Bonchev–Trinajstić information content (AvgIpc) is 2.45. The normalized spacial score (nSPS) is 9.63. The second-order valence-electron chi connectivity index (χ2n) is 4.04. The molecule has 0 unspecified atom stereocenters. The van der Waals surface area contributed by atoms with E-state index in [1.807, 2.05) is 6.07 Å². The Morgan fingerprint density at radius 2 is 1.95 bits per heavy atom. The van der Waals surface area contributed by atoms with Crippen molar-refractivity contribution in [3.63, 3.8) is 0 Å². The quantitative estimate of drug-likeness (QED) is 0.879. The first-order valence-corrected chi connectivity index (χ1v) is 5.75. The zero-order valence-electron chi connectivity index (χ0n) is 10.1. The van der Waals surface area contributed by atoms with E-state index in [-0.39, 0.29) is 11.7 Å². The van der Waals surface area contributed by atoms with Crippen molar-refractivity contribution in [3.8, 4) is 11.8 Å². The number of nitriles is 1. The standard InChI is InChI=1S/C15H12N2O2/c16-9-11-4-6-12(7-5-11)10-17-15(19)13-2-1-3-14(18)8-13/h1-8,18H,10H2,(H,17,19). The fourth-order valence-electron chi connectivity index (χ4n) is 1.63. The van der Waals surface area contributed by atoms with Gasteiger partial charge in [-0.15, -0.1) is 0 Å². The highest BCUT2D eigenvalue weighted by molar-refractivity contribution is 5.94. The van der Waals surface area contributed by atoms with E-state index in [9.17, 15) is 9.90 Å².